The Bertz CT molecular complexity index is 1260. The van der Waals surface area contributed by atoms with Crippen molar-refractivity contribution in [3.05, 3.63) is 123 Å². The van der Waals surface area contributed by atoms with Crippen LogP contribution in [0, 0.1) is 12.7 Å². The molecule has 1 aromatic heterocycles. The molecule has 34 heavy (non-hydrogen) atoms. The number of rotatable bonds is 9. The van der Waals surface area contributed by atoms with Crippen LogP contribution < -0.4 is 5.32 Å². The second-order valence-electron chi connectivity index (χ2n) is 7.97. The SMILES string of the molecule is Cc1nn(Cc2ccc(F)cc2)c(Cl)c1C(=O)NCc1ccccc1COCc1ccccc1. The average molecular weight is 478 g/mol. The van der Waals surface area contributed by atoms with Gasteiger partial charge in [0.1, 0.15) is 11.0 Å². The van der Waals surface area contributed by atoms with Gasteiger partial charge in [-0.25, -0.2) is 9.07 Å². The molecule has 174 valence electrons. The molecule has 0 atom stereocenters. The molecular formula is C27H25ClFN3O2. The molecule has 0 spiro atoms. The number of aromatic nitrogens is 2. The summed E-state index contributed by atoms with van der Waals surface area (Å²) in [5.74, 6) is -0.606. The summed E-state index contributed by atoms with van der Waals surface area (Å²) in [6.07, 6.45) is 0. The smallest absolute Gasteiger partial charge is 0.256 e. The summed E-state index contributed by atoms with van der Waals surface area (Å²) in [7, 11) is 0. The van der Waals surface area contributed by atoms with Crippen LogP contribution in [-0.4, -0.2) is 15.7 Å². The van der Waals surface area contributed by atoms with Gasteiger partial charge in [0.15, 0.2) is 0 Å². The second-order valence-corrected chi connectivity index (χ2v) is 8.32. The number of halogens is 2. The van der Waals surface area contributed by atoms with Crippen LogP contribution in [0.3, 0.4) is 0 Å². The van der Waals surface area contributed by atoms with E-state index in [0.29, 0.717) is 37.6 Å². The third-order valence-electron chi connectivity index (χ3n) is 5.46. The van der Waals surface area contributed by atoms with Crippen LogP contribution in [0.4, 0.5) is 4.39 Å². The summed E-state index contributed by atoms with van der Waals surface area (Å²) in [6, 6.07) is 23.9. The van der Waals surface area contributed by atoms with Gasteiger partial charge in [0.2, 0.25) is 0 Å². The summed E-state index contributed by atoms with van der Waals surface area (Å²) in [5, 5.41) is 7.60. The number of carbonyl (C=O) groups excluding carboxylic acids is 1. The van der Waals surface area contributed by atoms with Gasteiger partial charge < -0.3 is 10.1 Å². The largest absolute Gasteiger partial charge is 0.372 e. The van der Waals surface area contributed by atoms with Crippen LogP contribution in [0.25, 0.3) is 0 Å². The van der Waals surface area contributed by atoms with Crippen molar-refractivity contribution in [1.29, 1.82) is 0 Å². The topological polar surface area (TPSA) is 56.2 Å². The highest BCUT2D eigenvalue weighted by atomic mass is 35.5. The molecule has 0 saturated heterocycles. The minimum atomic E-state index is -0.308. The zero-order valence-corrected chi connectivity index (χ0v) is 19.6. The quantitative estimate of drug-likeness (QED) is 0.337. The minimum Gasteiger partial charge on any atom is -0.372 e. The van der Waals surface area contributed by atoms with Crippen LogP contribution >= 0.6 is 11.6 Å². The minimum absolute atomic E-state index is 0.249. The monoisotopic (exact) mass is 477 g/mol. The van der Waals surface area contributed by atoms with Crippen LogP contribution in [0.2, 0.25) is 5.15 Å². The second kappa shape index (κ2) is 11.1. The fraction of sp³-hybridized carbons (Fsp3) is 0.185. The molecule has 0 aliphatic heterocycles. The predicted octanol–water partition coefficient (Wildman–Crippen LogP) is 5.68. The van der Waals surface area contributed by atoms with Crippen molar-refractivity contribution in [1.82, 2.24) is 15.1 Å². The standard InChI is InChI=1S/C27H25ClFN3O2/c1-19-25(26(28)32(31-19)16-20-11-13-24(29)14-12-20)27(33)30-15-22-9-5-6-10-23(22)18-34-17-21-7-3-2-4-8-21/h2-14H,15-18H2,1H3,(H,30,33). The summed E-state index contributed by atoms with van der Waals surface area (Å²) < 4.78 is 20.6. The van der Waals surface area contributed by atoms with Crippen molar-refractivity contribution in [3.63, 3.8) is 0 Å². The molecule has 1 heterocycles. The first kappa shape index (κ1) is 23.7. The van der Waals surface area contributed by atoms with E-state index < -0.39 is 0 Å². The predicted molar refractivity (Wildman–Crippen MR) is 130 cm³/mol. The highest BCUT2D eigenvalue weighted by Crippen LogP contribution is 2.21. The average Bonchev–Trinajstić information content (AvgIpc) is 3.13. The number of hydrogen-bond donors (Lipinski definition) is 1. The van der Waals surface area contributed by atoms with E-state index in [-0.39, 0.29) is 16.9 Å². The molecule has 0 unspecified atom stereocenters. The summed E-state index contributed by atoms with van der Waals surface area (Å²) in [4.78, 5) is 13.0. The van der Waals surface area contributed by atoms with E-state index in [0.717, 1.165) is 22.3 Å². The number of amides is 1. The summed E-state index contributed by atoms with van der Waals surface area (Å²) in [6.45, 7) is 3.38. The van der Waals surface area contributed by atoms with E-state index in [9.17, 15) is 9.18 Å². The number of benzene rings is 3. The number of ether oxygens (including phenoxy) is 1. The van der Waals surface area contributed by atoms with Crippen molar-refractivity contribution in [2.75, 3.05) is 0 Å². The Hall–Kier alpha value is -3.48. The Morgan fingerprint density at radius 3 is 2.35 bits per heavy atom. The van der Waals surface area contributed by atoms with Crippen molar-refractivity contribution in [3.8, 4) is 0 Å². The maximum Gasteiger partial charge on any atom is 0.256 e. The van der Waals surface area contributed by atoms with Gasteiger partial charge in [0.25, 0.3) is 5.91 Å². The van der Waals surface area contributed by atoms with Gasteiger partial charge in [-0.3, -0.25) is 4.79 Å². The number of nitrogens with one attached hydrogen (secondary N) is 1. The third kappa shape index (κ3) is 5.90. The zero-order chi connectivity index (χ0) is 23.9. The first-order valence-electron chi connectivity index (χ1n) is 11.0. The molecule has 0 radical (unpaired) electrons. The molecule has 0 saturated carbocycles. The third-order valence-corrected chi connectivity index (χ3v) is 5.85. The Kier molecular flexibility index (Phi) is 7.72. The fourth-order valence-electron chi connectivity index (χ4n) is 3.67. The van der Waals surface area contributed by atoms with Crippen molar-refractivity contribution >= 4 is 17.5 Å². The van der Waals surface area contributed by atoms with Crippen molar-refractivity contribution in [2.45, 2.75) is 33.2 Å². The molecule has 0 bridgehead atoms. The highest BCUT2D eigenvalue weighted by Gasteiger charge is 2.20. The molecule has 1 N–H and O–H groups in total. The lowest BCUT2D eigenvalue weighted by molar-refractivity contribution is 0.0947. The summed E-state index contributed by atoms with van der Waals surface area (Å²) in [5.41, 5.74) is 4.79. The van der Waals surface area contributed by atoms with E-state index >= 15 is 0 Å². The fourth-order valence-corrected chi connectivity index (χ4v) is 3.99. The number of aryl methyl sites for hydroxylation is 1. The Labute approximate surface area is 203 Å². The molecule has 3 aromatic carbocycles. The van der Waals surface area contributed by atoms with E-state index in [1.165, 1.54) is 12.1 Å². The Balaban J connectivity index is 1.39. The van der Waals surface area contributed by atoms with Crippen LogP contribution in [0.1, 0.15) is 38.3 Å². The highest BCUT2D eigenvalue weighted by molar-refractivity contribution is 6.33. The van der Waals surface area contributed by atoms with E-state index in [1.54, 1.807) is 23.7 Å². The number of nitrogens with zero attached hydrogens (tertiary/aromatic N) is 2. The van der Waals surface area contributed by atoms with Gasteiger partial charge >= 0.3 is 0 Å². The molecule has 1 amide bonds. The van der Waals surface area contributed by atoms with Crippen LogP contribution in [0.15, 0.2) is 78.9 Å². The van der Waals surface area contributed by atoms with Crippen molar-refractivity contribution in [2.24, 2.45) is 0 Å². The van der Waals surface area contributed by atoms with Gasteiger partial charge in [0.05, 0.1) is 31.0 Å². The van der Waals surface area contributed by atoms with E-state index in [4.69, 9.17) is 16.3 Å². The van der Waals surface area contributed by atoms with Gasteiger partial charge in [-0.05, 0) is 41.3 Å². The molecule has 0 aliphatic carbocycles. The molecule has 4 aromatic rings. The maximum absolute atomic E-state index is 13.2. The van der Waals surface area contributed by atoms with Crippen LogP contribution in [0.5, 0.6) is 0 Å². The summed E-state index contributed by atoms with van der Waals surface area (Å²) >= 11 is 6.49. The van der Waals surface area contributed by atoms with Crippen molar-refractivity contribution < 1.29 is 13.9 Å². The van der Waals surface area contributed by atoms with Gasteiger partial charge in [-0.2, -0.15) is 5.10 Å². The molecular weight excluding hydrogens is 453 g/mol. The van der Waals surface area contributed by atoms with Gasteiger partial charge in [-0.1, -0.05) is 78.3 Å². The van der Waals surface area contributed by atoms with Crippen LogP contribution in [-0.2, 0) is 31.0 Å². The molecule has 7 heteroatoms. The lowest BCUT2D eigenvalue weighted by Crippen LogP contribution is -2.24. The van der Waals surface area contributed by atoms with Gasteiger partial charge in [0, 0.05) is 6.54 Å². The van der Waals surface area contributed by atoms with E-state index in [1.807, 2.05) is 54.6 Å². The molecule has 4 rings (SSSR count). The Morgan fingerprint density at radius 2 is 1.62 bits per heavy atom. The first-order chi connectivity index (χ1) is 16.5. The molecule has 0 fully saturated rings. The number of carbonyl (C=O) groups is 1. The number of hydrogen-bond acceptors (Lipinski definition) is 3. The normalized spacial score (nSPS) is 10.9. The first-order valence-corrected chi connectivity index (χ1v) is 11.3. The lowest BCUT2D eigenvalue weighted by Gasteiger charge is -2.12. The Morgan fingerprint density at radius 1 is 0.941 bits per heavy atom. The molecule has 0 aliphatic rings. The zero-order valence-electron chi connectivity index (χ0n) is 18.8. The van der Waals surface area contributed by atoms with E-state index in [2.05, 4.69) is 10.4 Å². The lowest BCUT2D eigenvalue weighted by atomic mass is 10.1. The van der Waals surface area contributed by atoms with Gasteiger partial charge in [-0.15, -0.1) is 0 Å². The maximum atomic E-state index is 13.2. The molecule has 5 nitrogen and oxygen atoms in total.